The molecule has 0 aromatic heterocycles. The van der Waals surface area contributed by atoms with E-state index in [0.29, 0.717) is 5.88 Å². The fourth-order valence-corrected chi connectivity index (χ4v) is 3.81. The third-order valence-corrected chi connectivity index (χ3v) is 4.92. The van der Waals surface area contributed by atoms with Crippen LogP contribution in [0.5, 0.6) is 0 Å². The molecule has 0 nitrogen and oxygen atoms in total. The molecule has 1 aliphatic carbocycles. The Morgan fingerprint density at radius 2 is 1.81 bits per heavy atom. The molecule has 0 bridgehead atoms. The molecule has 1 saturated carbocycles. The van der Waals surface area contributed by atoms with Crippen molar-refractivity contribution in [1.29, 1.82) is 0 Å². The molecular formula is C14H18BrCl. The van der Waals surface area contributed by atoms with Gasteiger partial charge in [0.1, 0.15) is 0 Å². The van der Waals surface area contributed by atoms with Crippen LogP contribution >= 0.6 is 27.5 Å². The average molecular weight is 302 g/mol. The van der Waals surface area contributed by atoms with E-state index >= 15 is 0 Å². The molecule has 1 fully saturated rings. The predicted octanol–water partition coefficient (Wildman–Crippen LogP) is 5.02. The van der Waals surface area contributed by atoms with E-state index in [1.165, 1.54) is 43.2 Å². The van der Waals surface area contributed by atoms with Gasteiger partial charge in [0.05, 0.1) is 4.32 Å². The van der Waals surface area contributed by atoms with Crippen molar-refractivity contribution in [3.63, 3.8) is 0 Å². The highest BCUT2D eigenvalue weighted by molar-refractivity contribution is 9.09. The van der Waals surface area contributed by atoms with E-state index in [2.05, 4.69) is 40.2 Å². The SMILES string of the molecule is ClCCc1ccccc1C1(Br)CCCCC1. The first-order valence-electron chi connectivity index (χ1n) is 6.09. The van der Waals surface area contributed by atoms with Gasteiger partial charge in [0.2, 0.25) is 0 Å². The molecule has 1 aliphatic rings. The minimum atomic E-state index is 0.216. The van der Waals surface area contributed by atoms with Crippen LogP contribution < -0.4 is 0 Å². The summed E-state index contributed by atoms with van der Waals surface area (Å²) in [6.45, 7) is 0. The Kier molecular flexibility index (Phi) is 4.32. The molecule has 16 heavy (non-hydrogen) atoms. The summed E-state index contributed by atoms with van der Waals surface area (Å²) in [5, 5.41) is 0. The van der Waals surface area contributed by atoms with Crippen molar-refractivity contribution >= 4 is 27.5 Å². The van der Waals surface area contributed by atoms with Crippen molar-refractivity contribution in [2.75, 3.05) is 5.88 Å². The smallest absolute Gasteiger partial charge is 0.0508 e. The topological polar surface area (TPSA) is 0 Å². The van der Waals surface area contributed by atoms with Crippen LogP contribution in [0.2, 0.25) is 0 Å². The van der Waals surface area contributed by atoms with Crippen LogP contribution in [0.25, 0.3) is 0 Å². The molecule has 2 rings (SSSR count). The quantitative estimate of drug-likeness (QED) is 0.688. The van der Waals surface area contributed by atoms with Crippen LogP contribution in [0.1, 0.15) is 43.2 Å². The predicted molar refractivity (Wildman–Crippen MR) is 74.6 cm³/mol. The maximum Gasteiger partial charge on any atom is 0.0508 e. The third-order valence-electron chi connectivity index (χ3n) is 3.51. The Labute approximate surface area is 112 Å². The molecule has 0 unspecified atom stereocenters. The Morgan fingerprint density at radius 1 is 1.12 bits per heavy atom. The Hall–Kier alpha value is -0.0100. The highest BCUT2D eigenvalue weighted by Crippen LogP contribution is 2.45. The maximum absolute atomic E-state index is 5.88. The van der Waals surface area contributed by atoms with E-state index in [4.69, 9.17) is 11.6 Å². The summed E-state index contributed by atoms with van der Waals surface area (Å²) in [5.41, 5.74) is 2.88. The van der Waals surface area contributed by atoms with Crippen molar-refractivity contribution in [3.8, 4) is 0 Å². The monoisotopic (exact) mass is 300 g/mol. The van der Waals surface area contributed by atoms with Crippen molar-refractivity contribution in [1.82, 2.24) is 0 Å². The molecule has 0 aliphatic heterocycles. The van der Waals surface area contributed by atoms with E-state index in [9.17, 15) is 0 Å². The molecule has 0 saturated heterocycles. The van der Waals surface area contributed by atoms with Gasteiger partial charge in [-0.1, -0.05) is 59.5 Å². The van der Waals surface area contributed by atoms with Gasteiger partial charge in [-0.2, -0.15) is 0 Å². The van der Waals surface area contributed by atoms with Gasteiger partial charge in [0.25, 0.3) is 0 Å². The molecule has 1 aromatic rings. The number of hydrogen-bond donors (Lipinski definition) is 0. The summed E-state index contributed by atoms with van der Waals surface area (Å²) in [4.78, 5) is 0. The van der Waals surface area contributed by atoms with Crippen LogP contribution in [-0.4, -0.2) is 5.88 Å². The summed E-state index contributed by atoms with van der Waals surface area (Å²) >= 11 is 9.86. The first kappa shape index (κ1) is 12.4. The first-order chi connectivity index (χ1) is 7.76. The van der Waals surface area contributed by atoms with Crippen LogP contribution in [0.3, 0.4) is 0 Å². The standard InChI is InChI=1S/C14H18BrCl/c15-14(9-4-1-5-10-14)13-7-3-2-6-12(13)8-11-16/h2-3,6-7H,1,4-5,8-11H2. The fourth-order valence-electron chi connectivity index (χ4n) is 2.66. The number of aryl methyl sites for hydroxylation is 1. The summed E-state index contributed by atoms with van der Waals surface area (Å²) in [6, 6.07) is 8.74. The molecule has 0 N–H and O–H groups in total. The van der Waals surface area contributed by atoms with Gasteiger partial charge in [-0.15, -0.1) is 11.6 Å². The lowest BCUT2D eigenvalue weighted by Gasteiger charge is -2.33. The van der Waals surface area contributed by atoms with Crippen LogP contribution in [-0.2, 0) is 10.7 Å². The van der Waals surface area contributed by atoms with E-state index < -0.39 is 0 Å². The zero-order valence-corrected chi connectivity index (χ0v) is 11.9. The number of rotatable bonds is 3. The van der Waals surface area contributed by atoms with Crippen LogP contribution in [0.4, 0.5) is 0 Å². The molecule has 0 spiro atoms. The molecule has 88 valence electrons. The first-order valence-corrected chi connectivity index (χ1v) is 7.42. The van der Waals surface area contributed by atoms with E-state index in [-0.39, 0.29) is 4.32 Å². The lowest BCUT2D eigenvalue weighted by molar-refractivity contribution is 0.413. The second-order valence-electron chi connectivity index (χ2n) is 4.62. The van der Waals surface area contributed by atoms with Gasteiger partial charge in [-0.25, -0.2) is 0 Å². The number of benzene rings is 1. The minimum absolute atomic E-state index is 0.216. The van der Waals surface area contributed by atoms with Gasteiger partial charge in [0, 0.05) is 5.88 Å². The van der Waals surface area contributed by atoms with E-state index in [1.54, 1.807) is 0 Å². The van der Waals surface area contributed by atoms with Crippen molar-refractivity contribution in [3.05, 3.63) is 35.4 Å². The van der Waals surface area contributed by atoms with Gasteiger partial charge in [-0.3, -0.25) is 0 Å². The van der Waals surface area contributed by atoms with Gasteiger partial charge < -0.3 is 0 Å². The molecule has 0 atom stereocenters. The lowest BCUT2D eigenvalue weighted by Crippen LogP contribution is -2.23. The summed E-state index contributed by atoms with van der Waals surface area (Å²) in [5.74, 6) is 0.708. The second-order valence-corrected chi connectivity index (χ2v) is 6.52. The second kappa shape index (κ2) is 5.55. The highest BCUT2D eigenvalue weighted by atomic mass is 79.9. The van der Waals surface area contributed by atoms with Gasteiger partial charge >= 0.3 is 0 Å². The largest absolute Gasteiger partial charge is 0.126 e. The number of halogens is 2. The molecule has 0 amide bonds. The third kappa shape index (κ3) is 2.62. The van der Waals surface area contributed by atoms with Crippen molar-refractivity contribution < 1.29 is 0 Å². The summed E-state index contributed by atoms with van der Waals surface area (Å²) in [6.07, 6.45) is 7.54. The Bertz CT molecular complexity index is 342. The highest BCUT2D eigenvalue weighted by Gasteiger charge is 2.32. The average Bonchev–Trinajstić information content (AvgIpc) is 2.31. The Morgan fingerprint density at radius 3 is 2.50 bits per heavy atom. The molecule has 0 radical (unpaired) electrons. The van der Waals surface area contributed by atoms with Crippen LogP contribution in [0.15, 0.2) is 24.3 Å². The number of hydrogen-bond acceptors (Lipinski definition) is 0. The van der Waals surface area contributed by atoms with Crippen LogP contribution in [0, 0.1) is 0 Å². The van der Waals surface area contributed by atoms with E-state index in [0.717, 1.165) is 6.42 Å². The maximum atomic E-state index is 5.88. The Balaban J connectivity index is 2.30. The molecular weight excluding hydrogens is 284 g/mol. The summed E-state index contributed by atoms with van der Waals surface area (Å²) in [7, 11) is 0. The minimum Gasteiger partial charge on any atom is -0.126 e. The normalized spacial score (nSPS) is 19.6. The fraction of sp³-hybridized carbons (Fsp3) is 0.571. The lowest BCUT2D eigenvalue weighted by atomic mass is 9.81. The van der Waals surface area contributed by atoms with E-state index in [1.807, 2.05) is 0 Å². The van der Waals surface area contributed by atoms with Crippen molar-refractivity contribution in [2.45, 2.75) is 42.8 Å². The number of alkyl halides is 2. The van der Waals surface area contributed by atoms with Gasteiger partial charge in [-0.05, 0) is 30.4 Å². The van der Waals surface area contributed by atoms with Gasteiger partial charge in [0.15, 0.2) is 0 Å². The molecule has 0 heterocycles. The molecule has 1 aromatic carbocycles. The zero-order valence-electron chi connectivity index (χ0n) is 9.52. The molecule has 2 heteroatoms. The summed E-state index contributed by atoms with van der Waals surface area (Å²) < 4.78 is 0.216. The van der Waals surface area contributed by atoms with Crippen molar-refractivity contribution in [2.24, 2.45) is 0 Å². The zero-order chi connectivity index (χ0) is 11.4.